The molecule has 0 bridgehead atoms. The third-order valence-corrected chi connectivity index (χ3v) is 4.48. The zero-order valence-electron chi connectivity index (χ0n) is 19.5. The second-order valence-corrected chi connectivity index (χ2v) is 7.14. The van der Waals surface area contributed by atoms with Gasteiger partial charge in [-0.25, -0.2) is 5.01 Å². The van der Waals surface area contributed by atoms with E-state index < -0.39 is 0 Å². The minimum Gasteiger partial charge on any atom is -0.444 e. The molecule has 2 unspecified atom stereocenters. The fraction of sp³-hybridized carbons (Fsp3) is 0.500. The highest BCUT2D eigenvalue weighted by Crippen LogP contribution is 2.15. The fourth-order valence-electron chi connectivity index (χ4n) is 2.95. The standard InChI is InChI=1S/C20H28ClN5O3.C2H6/c1-13(20(27)25-11-14(2)28-15(3)12-25)9-19(23-6)26(16(4)22-5)24-10-17-7-8-18(21)29-17;1-2/h7-10,14-15,22H,4,11-12H2,1-3,5-6H3;1-2H3/b13-9+,23-19?,24-10+;. The number of amides is 1. The van der Waals surface area contributed by atoms with Gasteiger partial charge < -0.3 is 19.4 Å². The normalized spacial score (nSPS) is 19.7. The van der Waals surface area contributed by atoms with E-state index >= 15 is 0 Å². The first-order valence-corrected chi connectivity index (χ1v) is 10.7. The van der Waals surface area contributed by atoms with Crippen molar-refractivity contribution in [2.24, 2.45) is 10.1 Å². The zero-order chi connectivity index (χ0) is 23.6. The molecule has 1 fully saturated rings. The number of nitrogens with zero attached hydrogens (tertiary/aromatic N) is 4. The zero-order valence-corrected chi connectivity index (χ0v) is 20.2. The van der Waals surface area contributed by atoms with Crippen LogP contribution in [-0.4, -0.2) is 67.3 Å². The van der Waals surface area contributed by atoms with Crippen molar-refractivity contribution in [3.8, 4) is 0 Å². The molecule has 1 aromatic heterocycles. The van der Waals surface area contributed by atoms with Gasteiger partial charge in [-0.3, -0.25) is 9.79 Å². The van der Waals surface area contributed by atoms with Crippen LogP contribution in [-0.2, 0) is 9.53 Å². The highest BCUT2D eigenvalue weighted by molar-refractivity contribution is 6.28. The molecule has 1 N–H and O–H groups in total. The predicted molar refractivity (Wildman–Crippen MR) is 126 cm³/mol. The summed E-state index contributed by atoms with van der Waals surface area (Å²) in [6, 6.07) is 3.32. The van der Waals surface area contributed by atoms with Gasteiger partial charge in [0.25, 0.3) is 0 Å². The number of morpholine rings is 1. The van der Waals surface area contributed by atoms with Crippen molar-refractivity contribution in [2.75, 3.05) is 27.2 Å². The molecule has 1 amide bonds. The smallest absolute Gasteiger partial charge is 0.249 e. The van der Waals surface area contributed by atoms with Crippen LogP contribution in [0.2, 0.25) is 5.22 Å². The third-order valence-electron chi connectivity index (χ3n) is 4.27. The number of furan rings is 1. The van der Waals surface area contributed by atoms with E-state index in [0.29, 0.717) is 36.1 Å². The number of ether oxygens (including phenoxy) is 1. The quantitative estimate of drug-likeness (QED) is 0.307. The van der Waals surface area contributed by atoms with Crippen molar-refractivity contribution in [1.82, 2.24) is 15.2 Å². The lowest BCUT2D eigenvalue weighted by molar-refractivity contribution is -0.139. The van der Waals surface area contributed by atoms with Gasteiger partial charge in [-0.2, -0.15) is 5.10 Å². The second kappa shape index (κ2) is 13.0. The monoisotopic (exact) mass is 451 g/mol. The number of rotatable bonds is 6. The Balaban J connectivity index is 0.00000233. The summed E-state index contributed by atoms with van der Waals surface area (Å²) in [4.78, 5) is 19.0. The number of carbonyl (C=O) groups is 1. The SMILES string of the molecule is C=C(NC)N(/N=C/c1ccc(Cl)o1)C(/C=C(\C)C(=O)N1CC(C)OC(C)C1)=NC.CC. The van der Waals surface area contributed by atoms with Gasteiger partial charge in [-0.05, 0) is 50.6 Å². The molecule has 2 atom stereocenters. The minimum atomic E-state index is -0.0648. The Hall–Kier alpha value is -2.58. The first kappa shape index (κ1) is 26.5. The van der Waals surface area contributed by atoms with Gasteiger partial charge in [0.1, 0.15) is 11.6 Å². The van der Waals surface area contributed by atoms with Crippen LogP contribution in [0.15, 0.2) is 50.7 Å². The van der Waals surface area contributed by atoms with Crippen molar-refractivity contribution in [3.05, 3.63) is 47.2 Å². The lowest BCUT2D eigenvalue weighted by Gasteiger charge is -2.35. The topological polar surface area (TPSA) is 82.7 Å². The van der Waals surface area contributed by atoms with Crippen LogP contribution < -0.4 is 5.32 Å². The van der Waals surface area contributed by atoms with Gasteiger partial charge in [-0.15, -0.1) is 0 Å². The molecule has 2 rings (SSSR count). The summed E-state index contributed by atoms with van der Waals surface area (Å²) in [5.41, 5.74) is 0.539. The Morgan fingerprint density at radius 3 is 2.42 bits per heavy atom. The highest BCUT2D eigenvalue weighted by atomic mass is 35.5. The molecule has 0 radical (unpaired) electrons. The van der Waals surface area contributed by atoms with Crippen LogP contribution in [0.3, 0.4) is 0 Å². The summed E-state index contributed by atoms with van der Waals surface area (Å²) < 4.78 is 11.0. The third kappa shape index (κ3) is 7.88. The maximum Gasteiger partial charge on any atom is 0.249 e. The van der Waals surface area contributed by atoms with Crippen molar-refractivity contribution in [1.29, 1.82) is 0 Å². The number of hydrazone groups is 1. The molecule has 8 nitrogen and oxygen atoms in total. The van der Waals surface area contributed by atoms with Gasteiger partial charge in [0.2, 0.25) is 5.91 Å². The molecule has 0 spiro atoms. The molecule has 2 heterocycles. The summed E-state index contributed by atoms with van der Waals surface area (Å²) in [6.07, 6.45) is 3.18. The van der Waals surface area contributed by atoms with Gasteiger partial charge in [0.15, 0.2) is 11.1 Å². The van der Waals surface area contributed by atoms with Crippen LogP contribution in [0.4, 0.5) is 0 Å². The predicted octanol–water partition coefficient (Wildman–Crippen LogP) is 3.90. The molecule has 1 aliphatic heterocycles. The maximum absolute atomic E-state index is 12.9. The average molecular weight is 452 g/mol. The van der Waals surface area contributed by atoms with Crippen molar-refractivity contribution in [2.45, 2.75) is 46.8 Å². The molecule has 1 aromatic rings. The van der Waals surface area contributed by atoms with Gasteiger partial charge in [0, 0.05) is 32.8 Å². The number of carbonyl (C=O) groups excluding carboxylic acids is 1. The van der Waals surface area contributed by atoms with Crippen molar-refractivity contribution >= 4 is 29.6 Å². The summed E-state index contributed by atoms with van der Waals surface area (Å²) in [6.45, 7) is 14.7. The molecule has 172 valence electrons. The number of aliphatic imine (C=N–C) groups is 1. The molecule has 0 aromatic carbocycles. The van der Waals surface area contributed by atoms with Crippen LogP contribution in [0.1, 0.15) is 40.4 Å². The molecule has 1 saturated heterocycles. The maximum atomic E-state index is 12.9. The Kier molecular flexibility index (Phi) is 11.1. The number of hydrogen-bond donors (Lipinski definition) is 1. The summed E-state index contributed by atoms with van der Waals surface area (Å²) >= 11 is 5.80. The number of halogens is 1. The Morgan fingerprint density at radius 1 is 1.32 bits per heavy atom. The fourth-order valence-corrected chi connectivity index (χ4v) is 3.11. The summed E-state index contributed by atoms with van der Waals surface area (Å²) in [7, 11) is 3.35. The van der Waals surface area contributed by atoms with E-state index in [-0.39, 0.29) is 23.3 Å². The first-order chi connectivity index (χ1) is 14.7. The molecule has 9 heteroatoms. The number of hydrogen-bond acceptors (Lipinski definition) is 6. The Bertz CT molecular complexity index is 821. The number of nitrogens with one attached hydrogen (secondary N) is 1. The van der Waals surface area contributed by atoms with Gasteiger partial charge >= 0.3 is 0 Å². The van der Waals surface area contributed by atoms with Gasteiger partial charge in [0.05, 0.1) is 18.4 Å². The van der Waals surface area contributed by atoms with Crippen LogP contribution in [0, 0.1) is 0 Å². The first-order valence-electron chi connectivity index (χ1n) is 10.3. The Labute approximate surface area is 190 Å². The largest absolute Gasteiger partial charge is 0.444 e. The van der Waals surface area contributed by atoms with Crippen molar-refractivity contribution < 1.29 is 13.9 Å². The van der Waals surface area contributed by atoms with E-state index in [0.717, 1.165) is 0 Å². The summed E-state index contributed by atoms with van der Waals surface area (Å²) in [5.74, 6) is 1.33. The lowest BCUT2D eigenvalue weighted by atomic mass is 10.1. The van der Waals surface area contributed by atoms with Crippen LogP contribution >= 0.6 is 11.6 Å². The summed E-state index contributed by atoms with van der Waals surface area (Å²) in [5, 5.41) is 9.06. The van der Waals surface area contributed by atoms with E-state index in [1.807, 2.05) is 27.7 Å². The number of amidine groups is 1. The highest BCUT2D eigenvalue weighted by Gasteiger charge is 2.27. The van der Waals surface area contributed by atoms with Crippen LogP contribution in [0.25, 0.3) is 0 Å². The van der Waals surface area contributed by atoms with E-state index in [4.69, 9.17) is 20.8 Å². The molecular weight excluding hydrogens is 418 g/mol. The second-order valence-electron chi connectivity index (χ2n) is 6.77. The molecule has 1 aliphatic rings. The lowest BCUT2D eigenvalue weighted by Crippen LogP contribution is -2.48. The van der Waals surface area contributed by atoms with Crippen molar-refractivity contribution in [3.63, 3.8) is 0 Å². The minimum absolute atomic E-state index is 0.0000928. The van der Waals surface area contributed by atoms with Gasteiger partial charge in [-0.1, -0.05) is 20.4 Å². The van der Waals surface area contributed by atoms with E-state index in [1.165, 1.54) is 11.2 Å². The average Bonchev–Trinajstić information content (AvgIpc) is 3.17. The molecule has 0 saturated carbocycles. The molecular formula is C22H34ClN5O3. The molecule has 0 aliphatic carbocycles. The Morgan fingerprint density at radius 2 is 1.94 bits per heavy atom. The van der Waals surface area contributed by atoms with E-state index in [1.54, 1.807) is 44.1 Å². The van der Waals surface area contributed by atoms with E-state index in [9.17, 15) is 4.79 Å². The molecule has 31 heavy (non-hydrogen) atoms. The van der Waals surface area contributed by atoms with E-state index in [2.05, 4.69) is 22.0 Å². The van der Waals surface area contributed by atoms with Crippen LogP contribution in [0.5, 0.6) is 0 Å².